The van der Waals surface area contributed by atoms with E-state index in [0.717, 1.165) is 23.2 Å². The minimum Gasteiger partial charge on any atom is -0.256 e. The molecule has 0 N–H and O–H groups in total. The van der Waals surface area contributed by atoms with Crippen LogP contribution in [0.2, 0.25) is 0 Å². The summed E-state index contributed by atoms with van der Waals surface area (Å²) in [6.07, 6.45) is 3.05. The molecule has 0 bridgehead atoms. The van der Waals surface area contributed by atoms with Crippen molar-refractivity contribution in [3.05, 3.63) is 102 Å². The van der Waals surface area contributed by atoms with Gasteiger partial charge in [0.15, 0.2) is 0 Å². The van der Waals surface area contributed by atoms with Gasteiger partial charge in [-0.1, -0.05) is 90.8 Å². The molecule has 0 saturated heterocycles. The van der Waals surface area contributed by atoms with Crippen LogP contribution >= 0.6 is 0 Å². The fourth-order valence-electron chi connectivity index (χ4n) is 3.75. The molecule has 28 heavy (non-hydrogen) atoms. The highest BCUT2D eigenvalue weighted by atomic mass is 14.7. The molecule has 0 aliphatic rings. The lowest BCUT2D eigenvalue weighted by molar-refractivity contribution is 1.14. The molecule has 0 fully saturated rings. The van der Waals surface area contributed by atoms with Gasteiger partial charge in [0.1, 0.15) is 0 Å². The summed E-state index contributed by atoms with van der Waals surface area (Å²) in [6.45, 7) is 6.48. The van der Waals surface area contributed by atoms with E-state index in [9.17, 15) is 0 Å². The maximum absolute atomic E-state index is 4.75. The number of benzene rings is 3. The molecule has 0 aliphatic heterocycles. The molecule has 0 aliphatic carbocycles. The van der Waals surface area contributed by atoms with Crippen molar-refractivity contribution in [1.29, 1.82) is 0 Å². The van der Waals surface area contributed by atoms with Crippen LogP contribution in [0.3, 0.4) is 0 Å². The topological polar surface area (TPSA) is 12.9 Å². The van der Waals surface area contributed by atoms with Crippen LogP contribution in [0.15, 0.2) is 85.1 Å². The van der Waals surface area contributed by atoms with Crippen LogP contribution in [-0.2, 0) is 6.42 Å². The highest BCUT2D eigenvalue weighted by molar-refractivity contribution is 5.84. The summed E-state index contributed by atoms with van der Waals surface area (Å²) in [5.41, 5.74) is 11.0. The standard InChI is InChI=1S/C27H25N/c1-4-21-9-11-22(12-10-21)27-14-13-23(18-28-27)25-7-5-6-8-26(25)24-16-19(2)15-20(3)17-24/h5-18H,4H2,1-3H3. The van der Waals surface area contributed by atoms with Crippen LogP contribution in [0.4, 0.5) is 0 Å². The fourth-order valence-corrected chi connectivity index (χ4v) is 3.75. The molecule has 0 unspecified atom stereocenters. The number of pyridine rings is 1. The van der Waals surface area contributed by atoms with Crippen molar-refractivity contribution in [2.75, 3.05) is 0 Å². The lowest BCUT2D eigenvalue weighted by Gasteiger charge is -2.12. The van der Waals surface area contributed by atoms with Crippen LogP contribution in [0, 0.1) is 13.8 Å². The van der Waals surface area contributed by atoms with Crippen molar-refractivity contribution in [2.24, 2.45) is 0 Å². The summed E-state index contributed by atoms with van der Waals surface area (Å²) in [7, 11) is 0. The predicted molar refractivity (Wildman–Crippen MR) is 119 cm³/mol. The Balaban J connectivity index is 1.72. The van der Waals surface area contributed by atoms with Crippen molar-refractivity contribution in [1.82, 2.24) is 4.98 Å². The summed E-state index contributed by atoms with van der Waals surface area (Å²) >= 11 is 0. The zero-order valence-corrected chi connectivity index (χ0v) is 16.7. The van der Waals surface area contributed by atoms with Crippen LogP contribution in [0.1, 0.15) is 23.6 Å². The van der Waals surface area contributed by atoms with E-state index < -0.39 is 0 Å². The largest absolute Gasteiger partial charge is 0.256 e. The number of hydrogen-bond acceptors (Lipinski definition) is 1. The van der Waals surface area contributed by atoms with Gasteiger partial charge in [-0.05, 0) is 48.6 Å². The molecule has 4 rings (SSSR count). The third-order valence-electron chi connectivity index (χ3n) is 5.19. The van der Waals surface area contributed by atoms with Gasteiger partial charge >= 0.3 is 0 Å². The summed E-state index contributed by atoms with van der Waals surface area (Å²) in [6, 6.07) is 28.3. The monoisotopic (exact) mass is 363 g/mol. The van der Waals surface area contributed by atoms with Gasteiger partial charge in [-0.2, -0.15) is 0 Å². The van der Waals surface area contributed by atoms with Gasteiger partial charge in [0.05, 0.1) is 5.69 Å². The van der Waals surface area contributed by atoms with Crippen molar-refractivity contribution >= 4 is 0 Å². The number of rotatable bonds is 4. The van der Waals surface area contributed by atoms with Gasteiger partial charge in [0.2, 0.25) is 0 Å². The molecule has 1 aromatic heterocycles. The van der Waals surface area contributed by atoms with Gasteiger partial charge in [-0.3, -0.25) is 4.98 Å². The quantitative estimate of drug-likeness (QED) is 0.372. The molecule has 0 amide bonds. The highest BCUT2D eigenvalue weighted by Gasteiger charge is 2.09. The van der Waals surface area contributed by atoms with E-state index in [2.05, 4.69) is 99.6 Å². The van der Waals surface area contributed by atoms with Crippen LogP contribution in [0.5, 0.6) is 0 Å². The second-order valence-electron chi connectivity index (χ2n) is 7.40. The van der Waals surface area contributed by atoms with Gasteiger partial charge in [-0.15, -0.1) is 0 Å². The molecule has 1 nitrogen and oxygen atoms in total. The molecule has 4 aromatic rings. The number of hydrogen-bond donors (Lipinski definition) is 0. The third kappa shape index (κ3) is 3.75. The molecule has 1 heterocycles. The van der Waals surface area contributed by atoms with Crippen molar-refractivity contribution < 1.29 is 0 Å². The SMILES string of the molecule is CCc1ccc(-c2ccc(-c3ccccc3-c3cc(C)cc(C)c3)cn2)cc1. The predicted octanol–water partition coefficient (Wildman–Crippen LogP) is 7.26. The molecular weight excluding hydrogens is 338 g/mol. The van der Waals surface area contributed by atoms with Crippen LogP contribution in [0.25, 0.3) is 33.5 Å². The molecule has 3 aromatic carbocycles. The second kappa shape index (κ2) is 7.82. The molecule has 0 spiro atoms. The zero-order valence-electron chi connectivity index (χ0n) is 16.7. The van der Waals surface area contributed by atoms with E-state index in [-0.39, 0.29) is 0 Å². The second-order valence-corrected chi connectivity index (χ2v) is 7.40. The van der Waals surface area contributed by atoms with Crippen molar-refractivity contribution in [2.45, 2.75) is 27.2 Å². The van der Waals surface area contributed by atoms with Gasteiger partial charge in [0, 0.05) is 17.3 Å². The summed E-state index contributed by atoms with van der Waals surface area (Å²) in [5, 5.41) is 0. The summed E-state index contributed by atoms with van der Waals surface area (Å²) in [5.74, 6) is 0. The lowest BCUT2D eigenvalue weighted by atomic mass is 9.93. The van der Waals surface area contributed by atoms with Gasteiger partial charge in [0.25, 0.3) is 0 Å². The molecule has 0 atom stereocenters. The minimum absolute atomic E-state index is 1.01. The van der Waals surface area contributed by atoms with E-state index in [4.69, 9.17) is 4.98 Å². The summed E-state index contributed by atoms with van der Waals surface area (Å²) < 4.78 is 0. The Morgan fingerprint density at radius 1 is 0.643 bits per heavy atom. The first-order chi connectivity index (χ1) is 13.6. The normalized spacial score (nSPS) is 10.8. The van der Waals surface area contributed by atoms with Crippen molar-refractivity contribution in [3.63, 3.8) is 0 Å². The minimum atomic E-state index is 1.01. The number of aromatic nitrogens is 1. The average Bonchev–Trinajstić information content (AvgIpc) is 2.73. The van der Waals surface area contributed by atoms with Gasteiger partial charge < -0.3 is 0 Å². The third-order valence-corrected chi connectivity index (χ3v) is 5.19. The Bertz CT molecular complexity index is 1070. The smallest absolute Gasteiger partial charge is 0.0702 e. The molecular formula is C27H25N. The average molecular weight is 364 g/mol. The van der Waals surface area contributed by atoms with Crippen LogP contribution < -0.4 is 0 Å². The maximum Gasteiger partial charge on any atom is 0.0702 e. The molecule has 0 radical (unpaired) electrons. The Kier molecular flexibility index (Phi) is 5.08. The fraction of sp³-hybridized carbons (Fsp3) is 0.148. The lowest BCUT2D eigenvalue weighted by Crippen LogP contribution is -1.89. The molecule has 138 valence electrons. The molecule has 1 heteroatoms. The van der Waals surface area contributed by atoms with E-state index in [0.29, 0.717) is 0 Å². The Morgan fingerprint density at radius 2 is 1.25 bits per heavy atom. The first kappa shape index (κ1) is 18.2. The summed E-state index contributed by atoms with van der Waals surface area (Å²) in [4.78, 5) is 4.75. The Morgan fingerprint density at radius 3 is 1.82 bits per heavy atom. The molecule has 0 saturated carbocycles. The first-order valence-corrected chi connectivity index (χ1v) is 9.87. The van der Waals surface area contributed by atoms with E-state index >= 15 is 0 Å². The van der Waals surface area contributed by atoms with Crippen LogP contribution in [-0.4, -0.2) is 4.98 Å². The highest BCUT2D eigenvalue weighted by Crippen LogP contribution is 2.33. The van der Waals surface area contributed by atoms with E-state index in [1.54, 1.807) is 0 Å². The Hall–Kier alpha value is -3.19. The first-order valence-electron chi connectivity index (χ1n) is 9.87. The Labute approximate surface area is 167 Å². The number of nitrogens with zero attached hydrogens (tertiary/aromatic N) is 1. The number of aryl methyl sites for hydroxylation is 3. The van der Waals surface area contributed by atoms with E-state index in [1.807, 2.05) is 6.20 Å². The van der Waals surface area contributed by atoms with E-state index in [1.165, 1.54) is 33.4 Å². The zero-order chi connectivity index (χ0) is 19.5. The van der Waals surface area contributed by atoms with Gasteiger partial charge in [-0.25, -0.2) is 0 Å². The maximum atomic E-state index is 4.75. The van der Waals surface area contributed by atoms with Crippen molar-refractivity contribution in [3.8, 4) is 33.5 Å².